The SMILES string of the molecule is CCCCC(F)(F)CC=C[C@H]1[C@H](C)CC(=O)[C@@H]1CC=CCC[C@@H](O)C(=O)O. The van der Waals surface area contributed by atoms with Gasteiger partial charge in [0.1, 0.15) is 5.78 Å². The highest BCUT2D eigenvalue weighted by Gasteiger charge is 2.37. The van der Waals surface area contributed by atoms with Gasteiger partial charge in [0, 0.05) is 25.2 Å². The zero-order valence-corrected chi connectivity index (χ0v) is 16.2. The van der Waals surface area contributed by atoms with E-state index in [0.717, 1.165) is 6.42 Å². The topological polar surface area (TPSA) is 74.6 Å². The Labute approximate surface area is 160 Å². The second-order valence-electron chi connectivity index (χ2n) is 7.56. The molecule has 6 heteroatoms. The van der Waals surface area contributed by atoms with Gasteiger partial charge in [-0.1, -0.05) is 44.6 Å². The van der Waals surface area contributed by atoms with Crippen molar-refractivity contribution in [2.75, 3.05) is 0 Å². The Hall–Kier alpha value is -1.56. The molecular weight excluding hydrogens is 354 g/mol. The standard InChI is InChI=1S/C21H32F2O4/c1-3-4-12-21(22,23)13-8-10-16-15(2)14-19(25)17(16)9-6-5-7-11-18(24)20(26)27/h5-6,8,10,15-18,24H,3-4,7,9,11-14H2,1-2H3,(H,26,27)/t15-,16+,17-,18-/m1/s1. The van der Waals surface area contributed by atoms with Gasteiger partial charge in [-0.05, 0) is 37.5 Å². The lowest BCUT2D eigenvalue weighted by Crippen LogP contribution is -2.18. The van der Waals surface area contributed by atoms with Crippen LogP contribution in [0.1, 0.15) is 65.2 Å². The molecule has 0 aromatic carbocycles. The van der Waals surface area contributed by atoms with Crippen molar-refractivity contribution >= 4 is 11.8 Å². The monoisotopic (exact) mass is 386 g/mol. The number of aliphatic hydroxyl groups is 1. The molecule has 4 nitrogen and oxygen atoms in total. The summed E-state index contributed by atoms with van der Waals surface area (Å²) in [6.45, 7) is 3.85. The molecule has 0 saturated heterocycles. The number of ketones is 1. The lowest BCUT2D eigenvalue weighted by molar-refractivity contribution is -0.146. The minimum absolute atomic E-state index is 0.0475. The third kappa shape index (κ3) is 8.33. The molecule has 154 valence electrons. The summed E-state index contributed by atoms with van der Waals surface area (Å²) in [4.78, 5) is 22.8. The van der Waals surface area contributed by atoms with Crippen LogP contribution in [0.2, 0.25) is 0 Å². The molecular formula is C21H32F2O4. The van der Waals surface area contributed by atoms with E-state index in [-0.39, 0.29) is 42.8 Å². The minimum atomic E-state index is -2.70. The van der Waals surface area contributed by atoms with Gasteiger partial charge in [-0.3, -0.25) is 4.79 Å². The Kier molecular flexibility index (Phi) is 9.84. The Morgan fingerprint density at radius 3 is 2.67 bits per heavy atom. The summed E-state index contributed by atoms with van der Waals surface area (Å²) in [6.07, 6.45) is 7.85. The molecule has 0 radical (unpaired) electrons. The van der Waals surface area contributed by atoms with Crippen molar-refractivity contribution < 1.29 is 28.6 Å². The third-order valence-electron chi connectivity index (χ3n) is 5.18. The summed E-state index contributed by atoms with van der Waals surface area (Å²) in [7, 11) is 0. The highest BCUT2D eigenvalue weighted by Crippen LogP contribution is 2.38. The zero-order chi connectivity index (χ0) is 20.4. The highest BCUT2D eigenvalue weighted by atomic mass is 19.3. The largest absolute Gasteiger partial charge is 0.479 e. The second-order valence-corrected chi connectivity index (χ2v) is 7.56. The molecule has 27 heavy (non-hydrogen) atoms. The van der Waals surface area contributed by atoms with Crippen molar-refractivity contribution in [1.82, 2.24) is 0 Å². The molecule has 2 N–H and O–H groups in total. The van der Waals surface area contributed by atoms with E-state index in [9.17, 15) is 23.5 Å². The Balaban J connectivity index is 2.55. The van der Waals surface area contributed by atoms with Crippen LogP contribution < -0.4 is 0 Å². The van der Waals surface area contributed by atoms with E-state index >= 15 is 0 Å². The molecule has 0 aliphatic heterocycles. The van der Waals surface area contributed by atoms with Gasteiger partial charge in [0.05, 0.1) is 0 Å². The van der Waals surface area contributed by atoms with Crippen molar-refractivity contribution in [1.29, 1.82) is 0 Å². The number of carbonyl (C=O) groups is 2. The molecule has 0 heterocycles. The lowest BCUT2D eigenvalue weighted by Gasteiger charge is -2.18. The van der Waals surface area contributed by atoms with Gasteiger partial charge < -0.3 is 10.2 Å². The molecule has 0 amide bonds. The van der Waals surface area contributed by atoms with Crippen LogP contribution >= 0.6 is 0 Å². The van der Waals surface area contributed by atoms with Gasteiger partial charge in [-0.25, -0.2) is 13.6 Å². The van der Waals surface area contributed by atoms with Crippen molar-refractivity contribution in [2.24, 2.45) is 17.8 Å². The van der Waals surface area contributed by atoms with Crippen LogP contribution in [0.3, 0.4) is 0 Å². The summed E-state index contributed by atoms with van der Waals surface area (Å²) < 4.78 is 27.5. The average Bonchev–Trinajstić information content (AvgIpc) is 2.86. The Morgan fingerprint density at radius 2 is 2.04 bits per heavy atom. The summed E-state index contributed by atoms with van der Waals surface area (Å²) in [5.41, 5.74) is 0. The first-order valence-corrected chi connectivity index (χ1v) is 9.81. The molecule has 1 rings (SSSR count). The van der Waals surface area contributed by atoms with Gasteiger partial charge in [0.15, 0.2) is 6.10 Å². The average molecular weight is 386 g/mol. The summed E-state index contributed by atoms with van der Waals surface area (Å²) >= 11 is 0. The Morgan fingerprint density at radius 1 is 1.33 bits per heavy atom. The number of rotatable bonds is 12. The zero-order valence-electron chi connectivity index (χ0n) is 16.2. The molecule has 0 aromatic rings. The number of allylic oxidation sites excluding steroid dienone is 4. The number of hydrogen-bond donors (Lipinski definition) is 2. The van der Waals surface area contributed by atoms with Crippen molar-refractivity contribution in [3.05, 3.63) is 24.3 Å². The van der Waals surface area contributed by atoms with E-state index in [1.54, 1.807) is 12.2 Å². The lowest BCUT2D eigenvalue weighted by atomic mass is 9.87. The number of carboxylic acid groups (broad SMARTS) is 1. The summed E-state index contributed by atoms with van der Waals surface area (Å²) in [5, 5.41) is 17.8. The number of carboxylic acids is 1. The quantitative estimate of drug-likeness (QED) is 0.474. The van der Waals surface area contributed by atoms with Crippen molar-refractivity contribution in [2.45, 2.75) is 77.2 Å². The maximum Gasteiger partial charge on any atom is 0.332 e. The van der Waals surface area contributed by atoms with Crippen molar-refractivity contribution in [3.8, 4) is 0 Å². The molecule has 1 saturated carbocycles. The van der Waals surface area contributed by atoms with Gasteiger partial charge in [0.25, 0.3) is 5.92 Å². The summed E-state index contributed by atoms with van der Waals surface area (Å²) in [6, 6.07) is 0. The minimum Gasteiger partial charge on any atom is -0.479 e. The number of alkyl halides is 2. The number of hydrogen-bond acceptors (Lipinski definition) is 3. The normalized spacial score (nSPS) is 24.9. The van der Waals surface area contributed by atoms with Gasteiger partial charge in [-0.2, -0.15) is 0 Å². The first-order chi connectivity index (χ1) is 12.7. The maximum absolute atomic E-state index is 13.8. The number of aliphatic carboxylic acids is 1. The van der Waals surface area contributed by atoms with Gasteiger partial charge in [0.2, 0.25) is 0 Å². The summed E-state index contributed by atoms with van der Waals surface area (Å²) in [5.74, 6) is -3.94. The molecule has 1 aliphatic carbocycles. The first-order valence-electron chi connectivity index (χ1n) is 9.81. The first kappa shape index (κ1) is 23.5. The molecule has 0 unspecified atom stereocenters. The van der Waals surface area contributed by atoms with Gasteiger partial charge in [-0.15, -0.1) is 0 Å². The van der Waals surface area contributed by atoms with E-state index in [2.05, 4.69) is 0 Å². The van der Waals surface area contributed by atoms with E-state index in [0.29, 0.717) is 25.7 Å². The van der Waals surface area contributed by atoms with Crippen LogP contribution in [0.25, 0.3) is 0 Å². The van der Waals surface area contributed by atoms with E-state index < -0.39 is 18.0 Å². The molecule has 0 spiro atoms. The number of Topliss-reactive ketones (excluding diaryl/α,β-unsaturated/α-hetero) is 1. The van der Waals surface area contributed by atoms with Crippen LogP contribution in [0, 0.1) is 17.8 Å². The fourth-order valence-corrected chi connectivity index (χ4v) is 3.50. The van der Waals surface area contributed by atoms with Gasteiger partial charge >= 0.3 is 5.97 Å². The maximum atomic E-state index is 13.8. The molecule has 1 aliphatic rings. The second kappa shape index (κ2) is 11.3. The number of carbonyl (C=O) groups excluding carboxylic acids is 1. The molecule has 1 fully saturated rings. The van der Waals surface area contributed by atoms with Crippen LogP contribution in [0.5, 0.6) is 0 Å². The van der Waals surface area contributed by atoms with Crippen molar-refractivity contribution in [3.63, 3.8) is 0 Å². The number of aliphatic hydroxyl groups excluding tert-OH is 1. The van der Waals surface area contributed by atoms with Crippen LogP contribution in [-0.4, -0.2) is 34.0 Å². The molecule has 0 aromatic heterocycles. The number of unbranched alkanes of at least 4 members (excludes halogenated alkanes) is 1. The van der Waals surface area contributed by atoms with Crippen LogP contribution in [-0.2, 0) is 9.59 Å². The molecule has 4 atom stereocenters. The third-order valence-corrected chi connectivity index (χ3v) is 5.18. The number of halogens is 2. The van der Waals surface area contributed by atoms with E-state index in [4.69, 9.17) is 5.11 Å². The predicted octanol–water partition coefficient (Wildman–Crippen LogP) is 4.77. The van der Waals surface area contributed by atoms with E-state index in [1.165, 1.54) is 6.08 Å². The van der Waals surface area contributed by atoms with Crippen LogP contribution in [0.4, 0.5) is 8.78 Å². The Bertz CT molecular complexity index is 542. The smallest absolute Gasteiger partial charge is 0.332 e. The highest BCUT2D eigenvalue weighted by molar-refractivity contribution is 5.84. The molecule has 0 bridgehead atoms. The predicted molar refractivity (Wildman–Crippen MR) is 101 cm³/mol. The van der Waals surface area contributed by atoms with E-state index in [1.807, 2.05) is 19.9 Å². The fraction of sp³-hybridized carbons (Fsp3) is 0.714. The fourth-order valence-electron chi connectivity index (χ4n) is 3.50. The van der Waals surface area contributed by atoms with Crippen LogP contribution in [0.15, 0.2) is 24.3 Å².